The first-order valence-electron chi connectivity index (χ1n) is 9.45. The van der Waals surface area contributed by atoms with E-state index < -0.39 is 75.3 Å². The number of aromatic hydroxyl groups is 4. The Morgan fingerprint density at radius 3 is 2.25 bits per heavy atom. The second kappa shape index (κ2) is 7.36. The van der Waals surface area contributed by atoms with Gasteiger partial charge in [0.05, 0.1) is 6.10 Å². The summed E-state index contributed by atoms with van der Waals surface area (Å²) in [6.07, 6.45) is -6.99. The Kier molecular flexibility index (Phi) is 5.03. The molecule has 2 aromatic carbocycles. The largest absolute Gasteiger partial charge is 0.508 e. The van der Waals surface area contributed by atoms with Gasteiger partial charge in [0.25, 0.3) is 0 Å². The molecule has 0 amide bonds. The van der Waals surface area contributed by atoms with E-state index in [9.17, 15) is 45.6 Å². The number of fused-ring (bicyclic) bond motifs is 1. The topological polar surface area (TPSA) is 201 Å². The Morgan fingerprint density at radius 2 is 1.59 bits per heavy atom. The Hall–Kier alpha value is -3.35. The maximum atomic E-state index is 13.4. The van der Waals surface area contributed by atoms with Gasteiger partial charge in [-0.3, -0.25) is 4.79 Å². The van der Waals surface area contributed by atoms with Gasteiger partial charge in [-0.25, -0.2) is 0 Å². The number of hydrogen-bond acceptors (Lipinski definition) is 11. The highest BCUT2D eigenvalue weighted by molar-refractivity contribution is 5.87. The maximum Gasteiger partial charge on any atom is 0.230 e. The van der Waals surface area contributed by atoms with E-state index in [4.69, 9.17) is 9.15 Å². The van der Waals surface area contributed by atoms with Crippen LogP contribution < -0.4 is 5.43 Å². The van der Waals surface area contributed by atoms with Crippen molar-refractivity contribution in [3.63, 3.8) is 0 Å². The third-order valence-electron chi connectivity index (χ3n) is 5.48. The summed E-state index contributed by atoms with van der Waals surface area (Å²) in [5, 5.41) is 81.1. The molecule has 0 aliphatic carbocycles. The lowest BCUT2D eigenvalue weighted by atomic mass is 9.86. The summed E-state index contributed by atoms with van der Waals surface area (Å²) in [6, 6.07) is 5.17. The van der Waals surface area contributed by atoms with E-state index in [0.29, 0.717) is 0 Å². The SMILES string of the molecule is C[C@H]1O[C@](O)(c2c(-c3ccc(O)c(O)c3)oc3cc(O)cc(O)c3c2=O)[C@H](O)[C@@H](O)[C@@H]1O. The van der Waals surface area contributed by atoms with E-state index in [1.54, 1.807) is 0 Å². The molecule has 0 radical (unpaired) electrons. The van der Waals surface area contributed by atoms with Crippen LogP contribution in [0.5, 0.6) is 23.0 Å². The molecule has 2 heterocycles. The standard InChI is InChI=1S/C21H20O11/c1-7-16(26)18(28)20(29)21(30,32-7)15-17(27)14-12(25)5-9(22)6-13(14)31-19(15)8-2-3-10(23)11(24)4-8/h2-7,16,18,20,22-26,28-30H,1H3/t7-,16-,18+,20-,21-/m1/s1. The molecule has 5 atom stereocenters. The van der Waals surface area contributed by atoms with E-state index in [1.807, 2.05) is 0 Å². The third-order valence-corrected chi connectivity index (χ3v) is 5.48. The van der Waals surface area contributed by atoms with Gasteiger partial charge in [-0.1, -0.05) is 0 Å². The molecule has 1 aliphatic heterocycles. The van der Waals surface area contributed by atoms with Crippen LogP contribution in [0.2, 0.25) is 0 Å². The summed E-state index contributed by atoms with van der Waals surface area (Å²) in [7, 11) is 0. The molecule has 0 bridgehead atoms. The number of phenols is 4. The molecule has 1 saturated heterocycles. The van der Waals surface area contributed by atoms with Crippen molar-refractivity contribution in [2.45, 2.75) is 37.1 Å². The van der Waals surface area contributed by atoms with Crippen molar-refractivity contribution in [3.05, 3.63) is 46.1 Å². The van der Waals surface area contributed by atoms with Gasteiger partial charge in [0.2, 0.25) is 11.2 Å². The molecule has 0 unspecified atom stereocenters. The lowest BCUT2D eigenvalue weighted by Crippen LogP contribution is -2.63. The molecule has 0 spiro atoms. The first kappa shape index (κ1) is 21.9. The van der Waals surface area contributed by atoms with Crippen molar-refractivity contribution < 1.29 is 50.0 Å². The summed E-state index contributed by atoms with van der Waals surface area (Å²) >= 11 is 0. The second-order valence-electron chi connectivity index (χ2n) is 7.62. The van der Waals surface area contributed by atoms with Crippen molar-refractivity contribution in [1.29, 1.82) is 0 Å². The summed E-state index contributed by atoms with van der Waals surface area (Å²) in [5.74, 6) is -5.60. The highest BCUT2D eigenvalue weighted by atomic mass is 16.7. The fraction of sp³-hybridized carbons (Fsp3) is 0.286. The lowest BCUT2D eigenvalue weighted by Gasteiger charge is -2.44. The van der Waals surface area contributed by atoms with E-state index in [-0.39, 0.29) is 11.1 Å². The van der Waals surface area contributed by atoms with Gasteiger partial charge < -0.3 is 50.0 Å². The molecule has 3 aromatic rings. The summed E-state index contributed by atoms with van der Waals surface area (Å²) in [6.45, 7) is 1.29. The molecule has 170 valence electrons. The van der Waals surface area contributed by atoms with Crippen molar-refractivity contribution in [1.82, 2.24) is 0 Å². The molecule has 11 heteroatoms. The van der Waals surface area contributed by atoms with Gasteiger partial charge in [0, 0.05) is 17.7 Å². The van der Waals surface area contributed by atoms with Crippen LogP contribution in [0.15, 0.2) is 39.5 Å². The first-order valence-corrected chi connectivity index (χ1v) is 9.45. The summed E-state index contributed by atoms with van der Waals surface area (Å²) in [5.41, 5.74) is -2.19. The molecule has 8 N–H and O–H groups in total. The number of phenolic OH excluding ortho intramolecular Hbond substituents is 4. The first-order chi connectivity index (χ1) is 15.0. The number of aliphatic hydroxyl groups is 4. The number of benzene rings is 2. The Labute approximate surface area is 179 Å². The molecule has 0 saturated carbocycles. The van der Waals surface area contributed by atoms with E-state index in [0.717, 1.165) is 24.3 Å². The fourth-order valence-electron chi connectivity index (χ4n) is 3.80. The maximum absolute atomic E-state index is 13.4. The van der Waals surface area contributed by atoms with Crippen molar-refractivity contribution in [2.24, 2.45) is 0 Å². The van der Waals surface area contributed by atoms with Gasteiger partial charge in [-0.2, -0.15) is 0 Å². The van der Waals surface area contributed by atoms with Crippen molar-refractivity contribution >= 4 is 11.0 Å². The van der Waals surface area contributed by atoms with Crippen LogP contribution in [0.1, 0.15) is 12.5 Å². The monoisotopic (exact) mass is 448 g/mol. The minimum atomic E-state index is -2.92. The molecule has 4 rings (SSSR count). The average molecular weight is 448 g/mol. The normalized spacial score (nSPS) is 28.2. The lowest BCUT2D eigenvalue weighted by molar-refractivity contribution is -0.351. The number of hydrogen-bond donors (Lipinski definition) is 8. The van der Waals surface area contributed by atoms with Gasteiger partial charge in [0.1, 0.15) is 52.1 Å². The molecular formula is C21H20O11. The summed E-state index contributed by atoms with van der Waals surface area (Å²) in [4.78, 5) is 13.4. The number of ether oxygens (including phenoxy) is 1. The van der Waals surface area contributed by atoms with Crippen LogP contribution >= 0.6 is 0 Å². The molecule has 11 nitrogen and oxygen atoms in total. The zero-order valence-corrected chi connectivity index (χ0v) is 16.5. The Bertz CT molecular complexity index is 1270. The van der Waals surface area contributed by atoms with Gasteiger partial charge in [-0.05, 0) is 25.1 Å². The quantitative estimate of drug-likeness (QED) is 0.244. The predicted molar refractivity (Wildman–Crippen MR) is 107 cm³/mol. The number of aliphatic hydroxyl groups excluding tert-OH is 3. The molecule has 1 fully saturated rings. The van der Waals surface area contributed by atoms with Crippen molar-refractivity contribution in [3.8, 4) is 34.3 Å². The van der Waals surface area contributed by atoms with E-state index in [1.165, 1.54) is 13.0 Å². The van der Waals surface area contributed by atoms with Gasteiger partial charge in [-0.15, -0.1) is 0 Å². The second-order valence-corrected chi connectivity index (χ2v) is 7.62. The van der Waals surface area contributed by atoms with Crippen LogP contribution in [0.3, 0.4) is 0 Å². The Morgan fingerprint density at radius 1 is 0.906 bits per heavy atom. The van der Waals surface area contributed by atoms with Gasteiger partial charge in [0.15, 0.2) is 11.5 Å². The fourth-order valence-corrected chi connectivity index (χ4v) is 3.80. The van der Waals surface area contributed by atoms with Crippen LogP contribution in [-0.2, 0) is 10.5 Å². The summed E-state index contributed by atoms with van der Waals surface area (Å²) < 4.78 is 11.0. The van der Waals surface area contributed by atoms with Crippen LogP contribution in [-0.4, -0.2) is 65.3 Å². The zero-order valence-electron chi connectivity index (χ0n) is 16.5. The van der Waals surface area contributed by atoms with E-state index in [2.05, 4.69) is 0 Å². The minimum absolute atomic E-state index is 0.0605. The predicted octanol–water partition coefficient (Wildman–Crippen LogP) is -0.0711. The van der Waals surface area contributed by atoms with Gasteiger partial charge >= 0.3 is 0 Å². The average Bonchev–Trinajstić information content (AvgIpc) is 2.71. The zero-order chi connectivity index (χ0) is 23.5. The van der Waals surface area contributed by atoms with Crippen molar-refractivity contribution in [2.75, 3.05) is 0 Å². The highest BCUT2D eigenvalue weighted by Gasteiger charge is 2.55. The minimum Gasteiger partial charge on any atom is -0.508 e. The van der Waals surface area contributed by atoms with E-state index >= 15 is 0 Å². The molecule has 1 aromatic heterocycles. The third kappa shape index (κ3) is 3.15. The smallest absolute Gasteiger partial charge is 0.230 e. The number of rotatable bonds is 2. The van der Waals surface area contributed by atoms with Crippen LogP contribution in [0, 0.1) is 0 Å². The molecule has 1 aliphatic rings. The molecule has 32 heavy (non-hydrogen) atoms. The Balaban J connectivity index is 2.11. The van der Waals surface area contributed by atoms with Crippen LogP contribution in [0.4, 0.5) is 0 Å². The highest BCUT2D eigenvalue weighted by Crippen LogP contribution is 2.43. The van der Waals surface area contributed by atoms with Crippen LogP contribution in [0.25, 0.3) is 22.3 Å². The molecular weight excluding hydrogens is 428 g/mol.